The maximum absolute atomic E-state index is 6.13. The number of aromatic nitrogens is 6. The number of benzene rings is 6. The number of nitrogens with zero attached hydrogens (tertiary/aromatic N) is 4. The number of nitrogens with one attached hydrogen (secondary N) is 3. The molecular weight excluding hydrogens is 736 g/mol. The smallest absolute Gasteiger partial charge is 0.135 e. The summed E-state index contributed by atoms with van der Waals surface area (Å²) in [5.41, 5.74) is 22.8. The van der Waals surface area contributed by atoms with Crippen molar-refractivity contribution in [2.24, 2.45) is 0 Å². The highest BCUT2D eigenvalue weighted by molar-refractivity contribution is 6.29. The summed E-state index contributed by atoms with van der Waals surface area (Å²) in [5.74, 6) is 3.53. The number of nitrogen functional groups attached to an aromatic ring is 3. The Morgan fingerprint density at radius 1 is 0.526 bits per heavy atom. The van der Waals surface area contributed by atoms with Crippen molar-refractivity contribution < 1.29 is 9.47 Å². The summed E-state index contributed by atoms with van der Waals surface area (Å²) in [5, 5.41) is 23.4. The van der Waals surface area contributed by atoms with Gasteiger partial charge < -0.3 is 32.0 Å². The lowest BCUT2D eigenvalue weighted by molar-refractivity contribution is 0.487. The number of aromatic amines is 2. The second-order valence-corrected chi connectivity index (χ2v) is 13.2. The van der Waals surface area contributed by atoms with E-state index in [9.17, 15) is 0 Å². The van der Waals surface area contributed by atoms with Crippen LogP contribution in [0.15, 0.2) is 158 Å². The highest BCUT2D eigenvalue weighted by atomic mass is 35.5. The number of anilines is 5. The third-order valence-corrected chi connectivity index (χ3v) is 9.10. The van der Waals surface area contributed by atoms with Crippen molar-refractivity contribution in [3.63, 3.8) is 0 Å². The number of hydrogen-bond donors (Lipinski definition) is 6. The number of halogens is 1. The van der Waals surface area contributed by atoms with Gasteiger partial charge in [-0.3, -0.25) is 10.2 Å². The van der Waals surface area contributed by atoms with E-state index in [1.54, 1.807) is 36.9 Å². The standard InChI is InChI=1S/C22H17N5O.C15H11ClN2O.C7H7N3/c23-19-6-8-21(18-4-2-1-3-17(18)19)28-16-9-10-24-22(12-16)26-15-5-7-20-14(11-15)13-25-27-20;16-15-9-10(7-8-18-15)19-14-6-5-13(17)11-3-1-2-4-12(11)14;8-6-1-2-7-5(3-6)4-9-10-7/h1-13H,23H2,(H,24,26)(H,25,27);1-9H,17H2;1-4H,8H2,(H,9,10). The van der Waals surface area contributed by atoms with Crippen LogP contribution in [0.5, 0.6) is 23.0 Å². The summed E-state index contributed by atoms with van der Waals surface area (Å²) in [6, 6.07) is 42.0. The molecular formula is C44H35ClN10O2. The van der Waals surface area contributed by atoms with Crippen molar-refractivity contribution >= 4 is 83.5 Å². The number of pyridine rings is 2. The molecule has 0 spiro atoms. The van der Waals surface area contributed by atoms with E-state index in [1.165, 1.54) is 0 Å². The molecule has 12 nitrogen and oxygen atoms in total. The Morgan fingerprint density at radius 2 is 1.07 bits per heavy atom. The zero-order valence-electron chi connectivity index (χ0n) is 30.2. The van der Waals surface area contributed by atoms with Gasteiger partial charge in [-0.15, -0.1) is 0 Å². The molecule has 10 rings (SSSR count). The molecule has 0 saturated carbocycles. The third-order valence-electron chi connectivity index (χ3n) is 8.90. The van der Waals surface area contributed by atoms with Crippen molar-refractivity contribution in [1.82, 2.24) is 30.4 Å². The molecule has 6 aromatic carbocycles. The van der Waals surface area contributed by atoms with Crippen LogP contribution in [-0.4, -0.2) is 30.4 Å². The van der Waals surface area contributed by atoms with Gasteiger partial charge in [0.1, 0.15) is 34.0 Å². The highest BCUT2D eigenvalue weighted by Gasteiger charge is 2.09. The number of hydrogen-bond acceptors (Lipinski definition) is 10. The van der Waals surface area contributed by atoms with E-state index in [4.69, 9.17) is 38.3 Å². The minimum absolute atomic E-state index is 0.400. The van der Waals surface area contributed by atoms with Gasteiger partial charge in [0.25, 0.3) is 0 Å². The van der Waals surface area contributed by atoms with Crippen LogP contribution in [0, 0.1) is 0 Å². The molecule has 0 aliphatic heterocycles. The molecule has 0 unspecified atom stereocenters. The summed E-state index contributed by atoms with van der Waals surface area (Å²) < 4.78 is 12.0. The predicted molar refractivity (Wildman–Crippen MR) is 230 cm³/mol. The number of nitrogens with two attached hydrogens (primary N) is 3. The average molecular weight is 771 g/mol. The van der Waals surface area contributed by atoms with Crippen LogP contribution in [0.4, 0.5) is 28.6 Å². The molecule has 280 valence electrons. The van der Waals surface area contributed by atoms with E-state index in [-0.39, 0.29) is 0 Å². The molecule has 0 bridgehead atoms. The van der Waals surface area contributed by atoms with Gasteiger partial charge in [0.2, 0.25) is 0 Å². The Balaban J connectivity index is 0.000000134. The third kappa shape index (κ3) is 8.46. The summed E-state index contributed by atoms with van der Waals surface area (Å²) >= 11 is 5.84. The monoisotopic (exact) mass is 770 g/mol. The average Bonchev–Trinajstić information content (AvgIpc) is 3.90. The Labute approximate surface area is 331 Å². The fourth-order valence-corrected chi connectivity index (χ4v) is 6.31. The molecule has 9 N–H and O–H groups in total. The quantitative estimate of drug-likeness (QED) is 0.0700. The summed E-state index contributed by atoms with van der Waals surface area (Å²) in [7, 11) is 0. The second kappa shape index (κ2) is 16.3. The summed E-state index contributed by atoms with van der Waals surface area (Å²) in [6.07, 6.45) is 6.87. The molecule has 4 heterocycles. The van der Waals surface area contributed by atoms with Crippen molar-refractivity contribution in [3.8, 4) is 23.0 Å². The zero-order chi connectivity index (χ0) is 39.1. The van der Waals surface area contributed by atoms with E-state index in [1.807, 2.05) is 121 Å². The number of H-pyrrole nitrogens is 2. The van der Waals surface area contributed by atoms with Crippen LogP contribution in [0.2, 0.25) is 5.15 Å². The lowest BCUT2D eigenvalue weighted by Gasteiger charge is -2.12. The summed E-state index contributed by atoms with van der Waals surface area (Å²) in [6.45, 7) is 0. The molecule has 4 aromatic heterocycles. The van der Waals surface area contributed by atoms with Gasteiger partial charge in [0.15, 0.2) is 0 Å². The molecule has 0 fully saturated rings. The Kier molecular flexibility index (Phi) is 10.3. The Hall–Kier alpha value is -7.83. The van der Waals surface area contributed by atoms with Gasteiger partial charge in [-0.05, 0) is 72.8 Å². The number of fused-ring (bicyclic) bond motifs is 4. The molecule has 0 atom stereocenters. The Morgan fingerprint density at radius 3 is 1.68 bits per heavy atom. The molecule has 0 saturated heterocycles. The first-order valence-electron chi connectivity index (χ1n) is 17.7. The van der Waals surface area contributed by atoms with E-state index < -0.39 is 0 Å². The van der Waals surface area contributed by atoms with Crippen LogP contribution >= 0.6 is 11.6 Å². The first kappa shape index (κ1) is 36.2. The molecule has 0 aliphatic carbocycles. The van der Waals surface area contributed by atoms with Crippen LogP contribution in [0.3, 0.4) is 0 Å². The largest absolute Gasteiger partial charge is 0.457 e. The topological polar surface area (TPSA) is 192 Å². The van der Waals surface area contributed by atoms with Crippen LogP contribution in [0.1, 0.15) is 0 Å². The lowest BCUT2D eigenvalue weighted by atomic mass is 10.1. The van der Waals surface area contributed by atoms with Gasteiger partial charge in [-0.2, -0.15) is 10.2 Å². The second-order valence-electron chi connectivity index (χ2n) is 12.8. The van der Waals surface area contributed by atoms with Gasteiger partial charge >= 0.3 is 0 Å². The number of ether oxygens (including phenoxy) is 2. The molecule has 0 radical (unpaired) electrons. The van der Waals surface area contributed by atoms with Crippen molar-refractivity contribution in [1.29, 1.82) is 0 Å². The van der Waals surface area contributed by atoms with Crippen molar-refractivity contribution in [2.45, 2.75) is 0 Å². The van der Waals surface area contributed by atoms with Gasteiger partial charge in [-0.1, -0.05) is 60.1 Å². The molecule has 10 aromatic rings. The highest BCUT2D eigenvalue weighted by Crippen LogP contribution is 2.35. The first-order chi connectivity index (χ1) is 27.9. The first-order valence-corrected chi connectivity index (χ1v) is 18.1. The maximum atomic E-state index is 6.13. The van der Waals surface area contributed by atoms with Gasteiger partial charge in [0.05, 0.1) is 23.4 Å². The number of rotatable bonds is 6. The molecule has 0 aliphatic rings. The fraction of sp³-hybridized carbons (Fsp3) is 0. The van der Waals surface area contributed by atoms with Gasteiger partial charge in [-0.25, -0.2) is 9.97 Å². The maximum Gasteiger partial charge on any atom is 0.135 e. The van der Waals surface area contributed by atoms with Crippen molar-refractivity contribution in [3.05, 3.63) is 163 Å². The SMILES string of the molecule is Nc1ccc(Oc2ccnc(Cl)c2)c2ccccc12.Nc1ccc(Oc2ccnc(Nc3ccc4[nH]ncc4c3)c2)c2ccccc12.Nc1ccc2[nH]ncc2c1. The van der Waals surface area contributed by atoms with E-state index >= 15 is 0 Å². The molecule has 0 amide bonds. The predicted octanol–water partition coefficient (Wildman–Crippen LogP) is 10.6. The Bertz CT molecular complexity index is 2980. The summed E-state index contributed by atoms with van der Waals surface area (Å²) in [4.78, 5) is 8.31. The van der Waals surface area contributed by atoms with Crippen LogP contribution < -0.4 is 32.0 Å². The minimum Gasteiger partial charge on any atom is -0.457 e. The molecule has 13 heteroatoms. The van der Waals surface area contributed by atoms with Crippen LogP contribution in [0.25, 0.3) is 43.4 Å². The van der Waals surface area contributed by atoms with Crippen LogP contribution in [-0.2, 0) is 0 Å². The zero-order valence-corrected chi connectivity index (χ0v) is 31.0. The van der Waals surface area contributed by atoms with Gasteiger partial charge in [0, 0.05) is 79.6 Å². The normalized spacial score (nSPS) is 10.8. The minimum atomic E-state index is 0.400. The lowest BCUT2D eigenvalue weighted by Crippen LogP contribution is -1.95. The van der Waals surface area contributed by atoms with E-state index in [2.05, 4.69) is 35.7 Å². The fourth-order valence-electron chi connectivity index (χ4n) is 6.14. The van der Waals surface area contributed by atoms with E-state index in [0.29, 0.717) is 22.5 Å². The van der Waals surface area contributed by atoms with E-state index in [0.717, 1.165) is 77.6 Å². The molecule has 57 heavy (non-hydrogen) atoms. The van der Waals surface area contributed by atoms with Crippen molar-refractivity contribution in [2.75, 3.05) is 22.5 Å².